The summed E-state index contributed by atoms with van der Waals surface area (Å²) in [6.07, 6.45) is 2.30. The van der Waals surface area contributed by atoms with Crippen LogP contribution in [0.3, 0.4) is 0 Å². The first kappa shape index (κ1) is 13.7. The maximum atomic E-state index is 12.0. The second-order valence-electron chi connectivity index (χ2n) is 6.55. The number of carbonyl (C=O) groups is 1. The molecule has 2 atom stereocenters. The van der Waals surface area contributed by atoms with E-state index in [9.17, 15) is 14.8 Å². The van der Waals surface area contributed by atoms with Crippen molar-refractivity contribution in [2.24, 2.45) is 5.92 Å². The molecule has 2 fully saturated rings. The number of hydrogen-bond donors (Lipinski definition) is 2. The van der Waals surface area contributed by atoms with Crippen LogP contribution in [0.2, 0.25) is 5.31 Å². The fourth-order valence-electron chi connectivity index (χ4n) is 2.83. The van der Waals surface area contributed by atoms with E-state index >= 15 is 0 Å². The van der Waals surface area contributed by atoms with Gasteiger partial charge in [0.05, 0.1) is 0 Å². The second-order valence-corrected chi connectivity index (χ2v) is 6.55. The van der Waals surface area contributed by atoms with Crippen LogP contribution < -0.4 is 0 Å². The van der Waals surface area contributed by atoms with Gasteiger partial charge in [-0.2, -0.15) is 0 Å². The van der Waals surface area contributed by atoms with Crippen LogP contribution in [0.5, 0.6) is 0 Å². The lowest BCUT2D eigenvalue weighted by Gasteiger charge is -2.29. The Bertz CT molecular complexity index is 341. The van der Waals surface area contributed by atoms with Crippen LogP contribution in [-0.2, 0) is 4.74 Å². The van der Waals surface area contributed by atoms with E-state index in [1.54, 1.807) is 4.90 Å². The summed E-state index contributed by atoms with van der Waals surface area (Å²) in [6.45, 7) is 6.53. The highest BCUT2D eigenvalue weighted by molar-refractivity contribution is 6.47. The molecule has 0 aromatic heterocycles. The molecule has 2 rings (SSSR count). The highest BCUT2D eigenvalue weighted by atomic mass is 16.6. The smallest absolute Gasteiger partial charge is 0.444 e. The Kier molecular flexibility index (Phi) is 3.36. The van der Waals surface area contributed by atoms with E-state index in [1.165, 1.54) is 0 Å². The van der Waals surface area contributed by atoms with Gasteiger partial charge in [-0.25, -0.2) is 4.79 Å². The molecule has 1 saturated heterocycles. The first-order chi connectivity index (χ1) is 8.24. The lowest BCUT2D eigenvalue weighted by atomic mass is 9.67. The molecule has 1 heterocycles. The summed E-state index contributed by atoms with van der Waals surface area (Å²) in [5.74, 6) is 0.338. The van der Waals surface area contributed by atoms with Gasteiger partial charge < -0.3 is 19.7 Å². The van der Waals surface area contributed by atoms with Crippen molar-refractivity contribution in [1.29, 1.82) is 0 Å². The monoisotopic (exact) mass is 255 g/mol. The van der Waals surface area contributed by atoms with Gasteiger partial charge in [0.2, 0.25) is 0 Å². The Hall–Kier alpha value is -0.745. The molecular weight excluding hydrogens is 233 g/mol. The first-order valence-corrected chi connectivity index (χ1v) is 6.59. The van der Waals surface area contributed by atoms with Gasteiger partial charge in [-0.15, -0.1) is 0 Å². The predicted molar refractivity (Wildman–Crippen MR) is 68.0 cm³/mol. The van der Waals surface area contributed by atoms with Crippen molar-refractivity contribution in [2.45, 2.75) is 50.9 Å². The van der Waals surface area contributed by atoms with Crippen LogP contribution >= 0.6 is 0 Å². The van der Waals surface area contributed by atoms with Crippen LogP contribution in [0, 0.1) is 5.92 Å². The van der Waals surface area contributed by atoms with Crippen molar-refractivity contribution in [3.8, 4) is 0 Å². The molecule has 6 heteroatoms. The molecule has 1 amide bonds. The third-order valence-corrected chi connectivity index (χ3v) is 3.91. The quantitative estimate of drug-likeness (QED) is 0.692. The number of amides is 1. The van der Waals surface area contributed by atoms with Gasteiger partial charge in [0.1, 0.15) is 5.60 Å². The average Bonchev–Trinajstić information content (AvgIpc) is 2.86. The highest BCUT2D eigenvalue weighted by Gasteiger charge is 2.63. The number of rotatable bonds is 1. The minimum atomic E-state index is -1.34. The number of likely N-dealkylation sites (tertiary alicyclic amines) is 1. The Labute approximate surface area is 108 Å². The minimum Gasteiger partial charge on any atom is -0.444 e. The maximum absolute atomic E-state index is 12.0. The Balaban J connectivity index is 2.03. The largest absolute Gasteiger partial charge is 0.460 e. The van der Waals surface area contributed by atoms with Crippen molar-refractivity contribution in [3.05, 3.63) is 0 Å². The normalized spacial score (nSPS) is 31.4. The summed E-state index contributed by atoms with van der Waals surface area (Å²) >= 11 is 0. The Morgan fingerprint density at radius 2 is 2.11 bits per heavy atom. The van der Waals surface area contributed by atoms with Crippen molar-refractivity contribution >= 4 is 13.2 Å². The number of fused-ring (bicyclic) bond motifs is 1. The number of ether oxygens (including phenoxy) is 1. The third-order valence-electron chi connectivity index (χ3n) is 3.91. The van der Waals surface area contributed by atoms with Gasteiger partial charge in [0.15, 0.2) is 0 Å². The summed E-state index contributed by atoms with van der Waals surface area (Å²) < 4.78 is 5.35. The summed E-state index contributed by atoms with van der Waals surface area (Å²) in [6, 6.07) is 0. The molecule has 0 spiro atoms. The SMILES string of the molecule is CC(C)(C)OC(=O)N1CCC[C@@H]2C[C@]2(B(O)O)C1. The highest BCUT2D eigenvalue weighted by Crippen LogP contribution is 2.64. The van der Waals surface area contributed by atoms with E-state index in [2.05, 4.69) is 0 Å². The van der Waals surface area contributed by atoms with E-state index in [4.69, 9.17) is 4.74 Å². The van der Waals surface area contributed by atoms with Crippen LogP contribution in [0.4, 0.5) is 4.79 Å². The summed E-state index contributed by atoms with van der Waals surface area (Å²) in [4.78, 5) is 13.7. The van der Waals surface area contributed by atoms with E-state index in [0.29, 0.717) is 19.0 Å². The number of nitrogens with zero attached hydrogens (tertiary/aromatic N) is 1. The molecule has 102 valence electrons. The zero-order valence-corrected chi connectivity index (χ0v) is 11.3. The standard InChI is InChI=1S/C12H22BNO4/c1-11(2,3)18-10(15)14-6-4-5-9-7-12(9,8-14)13(16)17/h9,16-17H,4-8H2,1-3H3/t9-,12+/m1/s1. The zero-order chi connectivity index (χ0) is 13.6. The average molecular weight is 255 g/mol. The Morgan fingerprint density at radius 3 is 2.67 bits per heavy atom. The van der Waals surface area contributed by atoms with E-state index in [1.807, 2.05) is 20.8 Å². The van der Waals surface area contributed by atoms with Crippen LogP contribution in [0.1, 0.15) is 40.0 Å². The van der Waals surface area contributed by atoms with E-state index in [-0.39, 0.29) is 6.09 Å². The lowest BCUT2D eigenvalue weighted by Crippen LogP contribution is -2.42. The molecule has 0 unspecified atom stereocenters. The van der Waals surface area contributed by atoms with Crippen molar-refractivity contribution in [2.75, 3.05) is 13.1 Å². The molecule has 1 aliphatic carbocycles. The molecule has 1 saturated carbocycles. The molecular formula is C12H22BNO4. The fraction of sp³-hybridized carbons (Fsp3) is 0.917. The molecule has 0 bridgehead atoms. The summed E-state index contributed by atoms with van der Waals surface area (Å²) in [5, 5.41) is 18.5. The van der Waals surface area contributed by atoms with Crippen molar-refractivity contribution in [3.63, 3.8) is 0 Å². The fourth-order valence-corrected chi connectivity index (χ4v) is 2.83. The summed E-state index contributed by atoms with van der Waals surface area (Å²) in [7, 11) is -1.34. The molecule has 2 aliphatic rings. The van der Waals surface area contributed by atoms with Gasteiger partial charge in [-0.05, 0) is 46.0 Å². The van der Waals surface area contributed by atoms with E-state index in [0.717, 1.165) is 19.3 Å². The van der Waals surface area contributed by atoms with E-state index < -0.39 is 18.0 Å². The molecule has 0 radical (unpaired) electrons. The van der Waals surface area contributed by atoms with Crippen molar-refractivity contribution < 1.29 is 19.6 Å². The molecule has 18 heavy (non-hydrogen) atoms. The first-order valence-electron chi connectivity index (χ1n) is 6.59. The van der Waals surface area contributed by atoms with Gasteiger partial charge in [-0.3, -0.25) is 0 Å². The van der Waals surface area contributed by atoms with Crippen LogP contribution in [-0.4, -0.2) is 46.9 Å². The number of carbonyl (C=O) groups excluding carboxylic acids is 1. The molecule has 2 N–H and O–H groups in total. The Morgan fingerprint density at radius 1 is 1.44 bits per heavy atom. The van der Waals surface area contributed by atoms with Crippen molar-refractivity contribution in [1.82, 2.24) is 4.90 Å². The second kappa shape index (κ2) is 4.42. The number of hydrogen-bond acceptors (Lipinski definition) is 4. The van der Waals surface area contributed by atoms with Gasteiger partial charge in [0.25, 0.3) is 0 Å². The molecule has 1 aliphatic heterocycles. The molecule has 5 nitrogen and oxygen atoms in total. The third kappa shape index (κ3) is 2.64. The predicted octanol–water partition coefficient (Wildman–Crippen LogP) is 1.25. The molecule has 0 aromatic rings. The van der Waals surface area contributed by atoms with Crippen LogP contribution in [0.25, 0.3) is 0 Å². The zero-order valence-electron chi connectivity index (χ0n) is 11.3. The lowest BCUT2D eigenvalue weighted by molar-refractivity contribution is 0.0245. The molecule has 0 aromatic carbocycles. The van der Waals surface area contributed by atoms with Gasteiger partial charge in [0, 0.05) is 18.4 Å². The van der Waals surface area contributed by atoms with Crippen LogP contribution in [0.15, 0.2) is 0 Å². The van der Waals surface area contributed by atoms with Gasteiger partial charge >= 0.3 is 13.2 Å². The summed E-state index contributed by atoms with van der Waals surface area (Å²) in [5.41, 5.74) is -0.517. The maximum Gasteiger partial charge on any atom is 0.460 e. The topological polar surface area (TPSA) is 70.0 Å². The van der Waals surface area contributed by atoms with Gasteiger partial charge in [-0.1, -0.05) is 0 Å². The minimum absolute atomic E-state index is 0.338.